The zero-order valence-corrected chi connectivity index (χ0v) is 23.1. The second kappa shape index (κ2) is 11.8. The molecule has 2 aliphatic heterocycles. The van der Waals surface area contributed by atoms with Gasteiger partial charge in [0.25, 0.3) is 0 Å². The first-order chi connectivity index (χ1) is 19.1. The summed E-state index contributed by atoms with van der Waals surface area (Å²) < 4.78 is 2.13. The number of piperazine rings is 1. The van der Waals surface area contributed by atoms with E-state index in [1.807, 2.05) is 42.5 Å². The molecule has 3 aromatic heterocycles. The average Bonchev–Trinajstić information content (AvgIpc) is 3.42. The largest absolute Gasteiger partial charge is 0.354 e. The molecule has 0 aliphatic carbocycles. The Bertz CT molecular complexity index is 1370. The summed E-state index contributed by atoms with van der Waals surface area (Å²) in [5.74, 6) is 2.80. The molecule has 0 amide bonds. The summed E-state index contributed by atoms with van der Waals surface area (Å²) in [5.41, 5.74) is 2.81. The zero-order chi connectivity index (χ0) is 26.6. The standard InChI is InChI=1S/C29H34ClN9/c1-36-15-17-37(18-16-36)19-20-39-29(23-9-6-14-38(21-23)27-13-12-26(30)33-34-27)32-28(35-39)25-11-5-10-24(31-25)22-7-3-2-4-8-22/h2-5,7-8,10-13,23H,6,9,14-21H2,1H3. The highest BCUT2D eigenvalue weighted by Gasteiger charge is 2.28. The summed E-state index contributed by atoms with van der Waals surface area (Å²) in [4.78, 5) is 17.3. The van der Waals surface area contributed by atoms with Gasteiger partial charge in [-0.1, -0.05) is 48.0 Å². The number of rotatable bonds is 7. The summed E-state index contributed by atoms with van der Waals surface area (Å²) in [6, 6.07) is 20.1. The van der Waals surface area contributed by atoms with Crippen molar-refractivity contribution in [3.63, 3.8) is 0 Å². The number of hydrogen-bond donors (Lipinski definition) is 0. The van der Waals surface area contributed by atoms with Crippen LogP contribution >= 0.6 is 11.6 Å². The molecule has 2 saturated heterocycles. The summed E-state index contributed by atoms with van der Waals surface area (Å²) in [5, 5.41) is 13.8. The fourth-order valence-corrected chi connectivity index (χ4v) is 5.54. The first-order valence-corrected chi connectivity index (χ1v) is 14.1. The average molecular weight is 544 g/mol. The SMILES string of the molecule is CN1CCN(CCn2nc(-c3cccc(-c4ccccc4)n3)nc2C2CCCN(c3ccc(Cl)nn3)C2)CC1. The highest BCUT2D eigenvalue weighted by atomic mass is 35.5. The molecule has 202 valence electrons. The normalized spacial score (nSPS) is 18.9. The third kappa shape index (κ3) is 6.11. The van der Waals surface area contributed by atoms with Crippen LogP contribution in [-0.4, -0.2) is 92.6 Å². The molecule has 1 atom stereocenters. The number of likely N-dealkylation sites (N-methyl/N-ethyl adjacent to an activating group) is 1. The number of aromatic nitrogens is 6. The minimum absolute atomic E-state index is 0.238. The van der Waals surface area contributed by atoms with Crippen LogP contribution in [0.4, 0.5) is 5.82 Å². The van der Waals surface area contributed by atoms with Crippen molar-refractivity contribution in [1.29, 1.82) is 0 Å². The highest BCUT2D eigenvalue weighted by molar-refractivity contribution is 6.29. The van der Waals surface area contributed by atoms with Crippen LogP contribution in [0.1, 0.15) is 24.6 Å². The Morgan fingerprint density at radius 3 is 2.44 bits per heavy atom. The summed E-state index contributed by atoms with van der Waals surface area (Å²) in [6.07, 6.45) is 2.11. The molecule has 0 N–H and O–H groups in total. The number of piperidine rings is 1. The summed E-state index contributed by atoms with van der Waals surface area (Å²) in [7, 11) is 2.19. The Kier molecular flexibility index (Phi) is 7.81. The van der Waals surface area contributed by atoms with E-state index in [9.17, 15) is 0 Å². The number of hydrogen-bond acceptors (Lipinski definition) is 8. The monoisotopic (exact) mass is 543 g/mol. The van der Waals surface area contributed by atoms with Gasteiger partial charge in [0.1, 0.15) is 11.5 Å². The van der Waals surface area contributed by atoms with E-state index in [0.29, 0.717) is 11.0 Å². The Morgan fingerprint density at radius 2 is 1.64 bits per heavy atom. The Morgan fingerprint density at radius 1 is 0.821 bits per heavy atom. The van der Waals surface area contributed by atoms with Gasteiger partial charge in [-0.3, -0.25) is 4.90 Å². The fraction of sp³-hybridized carbons (Fsp3) is 0.414. The van der Waals surface area contributed by atoms with Gasteiger partial charge in [-0.05, 0) is 44.2 Å². The lowest BCUT2D eigenvalue weighted by Gasteiger charge is -2.34. The van der Waals surface area contributed by atoms with Gasteiger partial charge in [0.05, 0.1) is 12.2 Å². The van der Waals surface area contributed by atoms with Crippen molar-refractivity contribution < 1.29 is 0 Å². The van der Waals surface area contributed by atoms with Crippen LogP contribution in [0.2, 0.25) is 5.15 Å². The van der Waals surface area contributed by atoms with Crippen molar-refractivity contribution in [3.8, 4) is 22.8 Å². The van der Waals surface area contributed by atoms with E-state index in [4.69, 9.17) is 26.7 Å². The Balaban J connectivity index is 1.28. The molecule has 0 bridgehead atoms. The molecule has 0 spiro atoms. The van der Waals surface area contributed by atoms with Crippen molar-refractivity contribution in [2.45, 2.75) is 25.3 Å². The Hall–Kier alpha value is -3.40. The zero-order valence-electron chi connectivity index (χ0n) is 22.3. The number of pyridine rings is 1. The topological polar surface area (TPSA) is 79.1 Å². The molecule has 1 unspecified atom stereocenters. The smallest absolute Gasteiger partial charge is 0.200 e. The predicted molar refractivity (Wildman–Crippen MR) is 154 cm³/mol. The second-order valence-corrected chi connectivity index (χ2v) is 10.8. The van der Waals surface area contributed by atoms with E-state index in [0.717, 1.165) is 93.8 Å². The van der Waals surface area contributed by atoms with Gasteiger partial charge in [0.15, 0.2) is 16.8 Å². The highest BCUT2D eigenvalue weighted by Crippen LogP contribution is 2.30. The molecule has 1 aromatic carbocycles. The van der Waals surface area contributed by atoms with Crippen LogP contribution in [0.15, 0.2) is 60.7 Å². The van der Waals surface area contributed by atoms with Crippen molar-refractivity contribution >= 4 is 17.4 Å². The summed E-state index contributed by atoms with van der Waals surface area (Å²) >= 11 is 5.99. The van der Waals surface area contributed by atoms with E-state index in [1.54, 1.807) is 6.07 Å². The van der Waals surface area contributed by atoms with Crippen LogP contribution < -0.4 is 4.90 Å². The molecule has 0 radical (unpaired) electrons. The molecule has 5 heterocycles. The van der Waals surface area contributed by atoms with E-state index in [2.05, 4.69) is 48.8 Å². The minimum atomic E-state index is 0.238. The molecule has 4 aromatic rings. The van der Waals surface area contributed by atoms with Gasteiger partial charge in [-0.25, -0.2) is 14.6 Å². The van der Waals surface area contributed by atoms with Crippen LogP contribution in [0.25, 0.3) is 22.8 Å². The molecule has 0 saturated carbocycles. The van der Waals surface area contributed by atoms with Gasteiger partial charge < -0.3 is 9.80 Å². The maximum absolute atomic E-state index is 5.99. The van der Waals surface area contributed by atoms with Gasteiger partial charge in [0.2, 0.25) is 0 Å². The van der Waals surface area contributed by atoms with Crippen LogP contribution in [0.3, 0.4) is 0 Å². The molecule has 6 rings (SSSR count). The quantitative estimate of drug-likeness (QED) is 0.345. The van der Waals surface area contributed by atoms with E-state index < -0.39 is 0 Å². The first kappa shape index (κ1) is 25.9. The summed E-state index contributed by atoms with van der Waals surface area (Å²) in [6.45, 7) is 7.90. The number of benzene rings is 1. The van der Waals surface area contributed by atoms with Gasteiger partial charge in [-0.2, -0.15) is 0 Å². The third-order valence-corrected chi connectivity index (χ3v) is 7.90. The van der Waals surface area contributed by atoms with E-state index >= 15 is 0 Å². The fourth-order valence-electron chi connectivity index (χ4n) is 5.44. The van der Waals surface area contributed by atoms with Crippen molar-refractivity contribution in [2.24, 2.45) is 0 Å². The molecular formula is C29H34ClN9. The van der Waals surface area contributed by atoms with Crippen molar-refractivity contribution in [3.05, 3.63) is 71.6 Å². The van der Waals surface area contributed by atoms with E-state index in [-0.39, 0.29) is 5.92 Å². The molecular weight excluding hydrogens is 510 g/mol. The lowest BCUT2D eigenvalue weighted by molar-refractivity contribution is 0.148. The maximum atomic E-state index is 5.99. The van der Waals surface area contributed by atoms with Crippen molar-refractivity contribution in [1.82, 2.24) is 39.7 Å². The molecule has 9 nitrogen and oxygen atoms in total. The molecule has 2 aliphatic rings. The Labute approximate surface area is 234 Å². The first-order valence-electron chi connectivity index (χ1n) is 13.7. The lowest BCUT2D eigenvalue weighted by Crippen LogP contribution is -2.45. The second-order valence-electron chi connectivity index (χ2n) is 10.4. The maximum Gasteiger partial charge on any atom is 0.200 e. The lowest BCUT2D eigenvalue weighted by atomic mass is 9.97. The third-order valence-electron chi connectivity index (χ3n) is 7.70. The molecule has 2 fully saturated rings. The van der Waals surface area contributed by atoms with Gasteiger partial charge in [0, 0.05) is 57.3 Å². The van der Waals surface area contributed by atoms with E-state index in [1.165, 1.54) is 0 Å². The predicted octanol–water partition coefficient (Wildman–Crippen LogP) is 4.08. The molecule has 10 heteroatoms. The minimum Gasteiger partial charge on any atom is -0.354 e. The van der Waals surface area contributed by atoms with Crippen LogP contribution in [0, 0.1) is 0 Å². The number of halogens is 1. The van der Waals surface area contributed by atoms with Crippen LogP contribution in [-0.2, 0) is 6.54 Å². The van der Waals surface area contributed by atoms with Crippen LogP contribution in [0.5, 0.6) is 0 Å². The van der Waals surface area contributed by atoms with Gasteiger partial charge >= 0.3 is 0 Å². The number of nitrogens with zero attached hydrogens (tertiary/aromatic N) is 9. The molecule has 39 heavy (non-hydrogen) atoms. The number of anilines is 1. The van der Waals surface area contributed by atoms with Crippen molar-refractivity contribution in [2.75, 3.05) is 57.8 Å². The van der Waals surface area contributed by atoms with Gasteiger partial charge in [-0.15, -0.1) is 15.3 Å².